The van der Waals surface area contributed by atoms with Gasteiger partial charge in [0.1, 0.15) is 0 Å². The summed E-state index contributed by atoms with van der Waals surface area (Å²) in [5, 5.41) is 47.8. The van der Waals surface area contributed by atoms with Gasteiger partial charge in [0, 0.05) is 57.9 Å². The summed E-state index contributed by atoms with van der Waals surface area (Å²) in [7, 11) is 0. The fourth-order valence-corrected chi connectivity index (χ4v) is 3.45. The minimum atomic E-state index is -1.45. The molecule has 4 aromatic carbocycles. The number of carbonyl (C=O) groups excluding carboxylic acids is 4. The van der Waals surface area contributed by atoms with E-state index in [4.69, 9.17) is 0 Å². The standard InChI is InChI=1S/2C14H10N2O5.Cu/c2*17-13(11-3-1-2-4-12(11)14(18)19)15-9-5-7-10(8-6-9)16(20)21;/h2*1-8H,(H,15,17)(H,18,19);/q;;+2/p-2. The monoisotopic (exact) mass is 633 g/mol. The van der Waals surface area contributed by atoms with E-state index in [-0.39, 0.29) is 50.7 Å². The van der Waals surface area contributed by atoms with Crippen molar-refractivity contribution in [3.63, 3.8) is 0 Å². The molecule has 221 valence electrons. The summed E-state index contributed by atoms with van der Waals surface area (Å²) in [4.78, 5) is 65.8. The van der Waals surface area contributed by atoms with Crippen molar-refractivity contribution in [2.75, 3.05) is 10.6 Å². The van der Waals surface area contributed by atoms with Gasteiger partial charge in [-0.2, -0.15) is 0 Å². The molecule has 1 radical (unpaired) electrons. The molecule has 0 unspecified atom stereocenters. The summed E-state index contributed by atoms with van der Waals surface area (Å²) in [6.45, 7) is 0. The quantitative estimate of drug-likeness (QED) is 0.164. The number of nitrogens with one attached hydrogen (secondary N) is 2. The molecule has 0 aromatic heterocycles. The van der Waals surface area contributed by atoms with Crippen molar-refractivity contribution in [1.82, 2.24) is 0 Å². The van der Waals surface area contributed by atoms with E-state index in [2.05, 4.69) is 10.6 Å². The van der Waals surface area contributed by atoms with Crippen LogP contribution < -0.4 is 20.8 Å². The van der Waals surface area contributed by atoms with Gasteiger partial charge in [-0.3, -0.25) is 29.8 Å². The molecule has 0 bridgehead atoms. The second-order valence-electron chi connectivity index (χ2n) is 8.18. The van der Waals surface area contributed by atoms with E-state index in [0.717, 1.165) is 0 Å². The summed E-state index contributed by atoms with van der Waals surface area (Å²) in [6, 6.07) is 21.6. The van der Waals surface area contributed by atoms with Crippen LogP contribution in [0.4, 0.5) is 22.7 Å². The van der Waals surface area contributed by atoms with Crippen LogP contribution in [-0.2, 0) is 17.1 Å². The van der Waals surface area contributed by atoms with Gasteiger partial charge in [0.05, 0.1) is 21.8 Å². The third kappa shape index (κ3) is 9.04. The van der Waals surface area contributed by atoms with Gasteiger partial charge in [0.25, 0.3) is 23.2 Å². The van der Waals surface area contributed by atoms with E-state index in [9.17, 15) is 49.6 Å². The summed E-state index contributed by atoms with van der Waals surface area (Å²) in [5.41, 5.74) is -0.121. The van der Waals surface area contributed by atoms with Crippen LogP contribution in [0, 0.1) is 20.2 Å². The third-order valence-corrected chi connectivity index (χ3v) is 5.46. The maximum atomic E-state index is 12.0. The van der Waals surface area contributed by atoms with E-state index in [1.807, 2.05) is 0 Å². The van der Waals surface area contributed by atoms with Crippen molar-refractivity contribution in [1.29, 1.82) is 0 Å². The predicted octanol–water partition coefficient (Wildman–Crippen LogP) is 2.42. The molecule has 4 aromatic rings. The first-order valence-electron chi connectivity index (χ1n) is 11.7. The van der Waals surface area contributed by atoms with Crippen molar-refractivity contribution in [3.8, 4) is 0 Å². The Morgan fingerprint density at radius 2 is 0.767 bits per heavy atom. The van der Waals surface area contributed by atoms with Gasteiger partial charge in [0.2, 0.25) is 0 Å². The SMILES string of the molecule is O=C([O-])c1ccccc1C(=O)Nc1ccc([N+](=O)[O-])cc1.O=C([O-])c1ccccc1C(=O)Nc1ccc([N+](=O)[O-])cc1.[Cu+2]. The van der Waals surface area contributed by atoms with Crippen molar-refractivity contribution in [3.05, 3.63) is 140 Å². The van der Waals surface area contributed by atoms with E-state index < -0.39 is 33.6 Å². The van der Waals surface area contributed by atoms with E-state index in [0.29, 0.717) is 11.4 Å². The zero-order valence-electron chi connectivity index (χ0n) is 21.5. The van der Waals surface area contributed by atoms with Crippen LogP contribution in [0.15, 0.2) is 97.1 Å². The van der Waals surface area contributed by atoms with Crippen molar-refractivity contribution < 1.29 is 56.3 Å². The second kappa shape index (κ2) is 15.2. The topological polar surface area (TPSA) is 225 Å². The Morgan fingerprint density at radius 1 is 0.488 bits per heavy atom. The molecule has 0 aliphatic heterocycles. The number of carboxylic acid groups (broad SMARTS) is 2. The molecule has 0 saturated heterocycles. The number of amides is 2. The normalized spacial score (nSPS) is 9.67. The van der Waals surface area contributed by atoms with Crippen molar-refractivity contribution in [2.45, 2.75) is 0 Å². The molecule has 0 heterocycles. The average molecular weight is 634 g/mol. The molecule has 14 nitrogen and oxygen atoms in total. The number of hydrogen-bond acceptors (Lipinski definition) is 10. The van der Waals surface area contributed by atoms with Gasteiger partial charge < -0.3 is 30.4 Å². The molecule has 0 spiro atoms. The number of nitro groups is 2. The van der Waals surface area contributed by atoms with Crippen LogP contribution in [0.1, 0.15) is 41.4 Å². The fourth-order valence-electron chi connectivity index (χ4n) is 3.45. The smallest absolute Gasteiger partial charge is 0.545 e. The van der Waals surface area contributed by atoms with Crippen LogP contribution in [0.25, 0.3) is 0 Å². The molecule has 2 amide bonds. The Labute approximate surface area is 252 Å². The average Bonchev–Trinajstić information content (AvgIpc) is 2.98. The zero-order valence-corrected chi connectivity index (χ0v) is 22.5. The first kappa shape index (κ1) is 33.3. The van der Waals surface area contributed by atoms with Crippen LogP contribution >= 0.6 is 0 Å². The van der Waals surface area contributed by atoms with Gasteiger partial charge in [0.15, 0.2) is 0 Å². The minimum absolute atomic E-state index is 0. The Hall–Kier alpha value is -5.92. The van der Waals surface area contributed by atoms with E-state index in [1.54, 1.807) is 0 Å². The predicted molar refractivity (Wildman–Crippen MR) is 144 cm³/mol. The van der Waals surface area contributed by atoms with Crippen molar-refractivity contribution in [2.24, 2.45) is 0 Å². The number of hydrogen-bond donors (Lipinski definition) is 2. The number of carbonyl (C=O) groups is 4. The number of rotatable bonds is 8. The second-order valence-corrected chi connectivity index (χ2v) is 8.18. The maximum Gasteiger partial charge on any atom is 2.00 e. The van der Waals surface area contributed by atoms with Crippen LogP contribution in [0.5, 0.6) is 0 Å². The van der Waals surface area contributed by atoms with E-state index in [1.165, 1.54) is 97.1 Å². The summed E-state index contributed by atoms with van der Waals surface area (Å²) >= 11 is 0. The van der Waals surface area contributed by atoms with Gasteiger partial charge in [-0.25, -0.2) is 0 Å². The first-order valence-corrected chi connectivity index (χ1v) is 11.7. The molecule has 2 N–H and O–H groups in total. The molecule has 0 fully saturated rings. The van der Waals surface area contributed by atoms with Gasteiger partial charge in [-0.15, -0.1) is 0 Å². The summed E-state index contributed by atoms with van der Waals surface area (Å²) in [6.07, 6.45) is 0. The Balaban J connectivity index is 0.000000293. The summed E-state index contributed by atoms with van der Waals surface area (Å²) in [5.74, 6) is -4.18. The largest absolute Gasteiger partial charge is 2.00 e. The van der Waals surface area contributed by atoms with Gasteiger partial charge in [-0.05, 0) is 36.4 Å². The van der Waals surface area contributed by atoms with Crippen molar-refractivity contribution >= 4 is 46.5 Å². The summed E-state index contributed by atoms with van der Waals surface area (Å²) < 4.78 is 0. The molecule has 43 heavy (non-hydrogen) atoms. The zero-order chi connectivity index (χ0) is 30.8. The fraction of sp³-hybridized carbons (Fsp3) is 0. The van der Waals surface area contributed by atoms with Crippen LogP contribution in [0.2, 0.25) is 0 Å². The first-order chi connectivity index (χ1) is 20.0. The third-order valence-electron chi connectivity index (χ3n) is 5.46. The molecule has 4 rings (SSSR count). The van der Waals surface area contributed by atoms with Gasteiger partial charge >= 0.3 is 17.1 Å². The number of non-ortho nitro benzene ring substituents is 2. The molecule has 15 heteroatoms. The molecule has 0 atom stereocenters. The number of anilines is 2. The number of aromatic carboxylic acids is 2. The number of carboxylic acids is 2. The molecular formula is C28H18CuN4O10. The Bertz CT molecular complexity index is 1550. The Kier molecular flexibility index (Phi) is 11.8. The van der Waals surface area contributed by atoms with E-state index >= 15 is 0 Å². The number of benzene rings is 4. The molecule has 0 aliphatic carbocycles. The minimum Gasteiger partial charge on any atom is -0.545 e. The van der Waals surface area contributed by atoms with Crippen LogP contribution in [-0.4, -0.2) is 33.6 Å². The molecule has 0 saturated carbocycles. The van der Waals surface area contributed by atoms with Gasteiger partial charge in [-0.1, -0.05) is 36.4 Å². The van der Waals surface area contributed by atoms with Crippen LogP contribution in [0.3, 0.4) is 0 Å². The molecule has 0 aliphatic rings. The number of nitrogens with zero attached hydrogens (tertiary/aromatic N) is 2. The molecular weight excluding hydrogens is 616 g/mol. The Morgan fingerprint density at radius 3 is 1.02 bits per heavy atom. The number of nitro benzene ring substituents is 2. The maximum absolute atomic E-state index is 12.0.